The molecule has 1 saturated heterocycles. The van der Waals surface area contributed by atoms with Crippen molar-refractivity contribution >= 4 is 40.7 Å². The molecule has 1 fully saturated rings. The molecule has 21 heavy (non-hydrogen) atoms. The van der Waals surface area contributed by atoms with Crippen LogP contribution in [0.5, 0.6) is 5.75 Å². The molecular weight excluding hydrogens is 382 g/mol. The van der Waals surface area contributed by atoms with Crippen molar-refractivity contribution in [3.63, 3.8) is 0 Å². The molecule has 0 radical (unpaired) electrons. The van der Waals surface area contributed by atoms with E-state index in [0.717, 1.165) is 42.0 Å². The minimum Gasteiger partial charge on any atom is -0.494 e. The largest absolute Gasteiger partial charge is 0.494 e. The summed E-state index contributed by atoms with van der Waals surface area (Å²) in [5.74, 6) is 0.784. The van der Waals surface area contributed by atoms with Crippen LogP contribution in [-0.2, 0) is 0 Å². The lowest BCUT2D eigenvalue weighted by Crippen LogP contribution is -2.45. The highest BCUT2D eigenvalue weighted by molar-refractivity contribution is 9.10. The zero-order valence-corrected chi connectivity index (χ0v) is 15.2. The van der Waals surface area contributed by atoms with Gasteiger partial charge in [-0.05, 0) is 25.1 Å². The van der Waals surface area contributed by atoms with Crippen molar-refractivity contribution in [1.82, 2.24) is 10.2 Å². The summed E-state index contributed by atoms with van der Waals surface area (Å²) in [5, 5.41) is 3.29. The van der Waals surface area contributed by atoms with Crippen LogP contribution in [0.3, 0.4) is 0 Å². The molecule has 0 aliphatic carbocycles. The molecule has 1 aliphatic heterocycles. The van der Waals surface area contributed by atoms with Gasteiger partial charge < -0.3 is 10.1 Å². The fourth-order valence-corrected chi connectivity index (χ4v) is 2.82. The fourth-order valence-electron chi connectivity index (χ4n) is 2.44. The minimum absolute atomic E-state index is 0. The monoisotopic (exact) mass is 402 g/mol. The fraction of sp³-hybridized carbons (Fsp3) is 0.571. The smallest absolute Gasteiger partial charge is 0.124 e. The molecule has 0 amide bonds. The van der Waals surface area contributed by atoms with Crippen LogP contribution in [-0.4, -0.2) is 44.4 Å². The Morgan fingerprint density at radius 2 is 2.00 bits per heavy atom. The molecule has 7 heteroatoms. The summed E-state index contributed by atoms with van der Waals surface area (Å²) in [5.41, 5.74) is 0.931. The summed E-state index contributed by atoms with van der Waals surface area (Å²) < 4.78 is 20.1. The molecule has 1 aromatic carbocycles. The Bertz CT molecular complexity index is 420. The molecule has 122 valence electrons. The van der Waals surface area contributed by atoms with E-state index in [0.29, 0.717) is 6.61 Å². The van der Waals surface area contributed by atoms with E-state index in [9.17, 15) is 4.39 Å². The van der Waals surface area contributed by atoms with Gasteiger partial charge in [-0.3, -0.25) is 4.90 Å². The first-order valence-corrected chi connectivity index (χ1v) is 7.48. The van der Waals surface area contributed by atoms with E-state index in [2.05, 4.69) is 26.1 Å². The molecule has 0 spiro atoms. The molecule has 1 aliphatic rings. The maximum Gasteiger partial charge on any atom is 0.124 e. The van der Waals surface area contributed by atoms with Crippen molar-refractivity contribution in [2.45, 2.75) is 13.0 Å². The topological polar surface area (TPSA) is 24.5 Å². The molecule has 1 heterocycles. The van der Waals surface area contributed by atoms with Gasteiger partial charge in [-0.15, -0.1) is 24.8 Å². The number of alkyl halides is 1. The van der Waals surface area contributed by atoms with Gasteiger partial charge in [0, 0.05) is 36.2 Å². The number of hydrogen-bond acceptors (Lipinski definition) is 3. The third-order valence-electron chi connectivity index (χ3n) is 3.37. The van der Waals surface area contributed by atoms with Crippen molar-refractivity contribution in [2.75, 3.05) is 39.5 Å². The first-order chi connectivity index (χ1) is 9.26. The molecule has 1 aromatic rings. The van der Waals surface area contributed by atoms with Crippen molar-refractivity contribution in [2.24, 2.45) is 0 Å². The lowest BCUT2D eigenvalue weighted by molar-refractivity contribution is 0.144. The Kier molecular flexibility index (Phi) is 10.6. The molecule has 1 N–H and O–H groups in total. The van der Waals surface area contributed by atoms with Crippen LogP contribution in [0.1, 0.15) is 18.5 Å². The third-order valence-corrected chi connectivity index (χ3v) is 3.86. The normalized spacial score (nSPS) is 16.5. The summed E-state index contributed by atoms with van der Waals surface area (Å²) in [7, 11) is 0. The van der Waals surface area contributed by atoms with E-state index in [1.165, 1.54) is 0 Å². The van der Waals surface area contributed by atoms with E-state index in [-0.39, 0.29) is 30.9 Å². The summed E-state index contributed by atoms with van der Waals surface area (Å²) in [4.78, 5) is 2.18. The highest BCUT2D eigenvalue weighted by Crippen LogP contribution is 2.32. The maximum absolute atomic E-state index is 13.5. The average molecular weight is 404 g/mol. The first kappa shape index (κ1) is 20.9. The molecule has 1 atom stereocenters. The predicted octanol–water partition coefficient (Wildman–Crippen LogP) is 3.61. The Morgan fingerprint density at radius 1 is 1.33 bits per heavy atom. The van der Waals surface area contributed by atoms with Crippen LogP contribution < -0.4 is 10.1 Å². The number of halogens is 4. The third kappa shape index (κ3) is 5.57. The van der Waals surface area contributed by atoms with E-state index < -0.39 is 6.67 Å². The number of ether oxygens (including phenoxy) is 1. The van der Waals surface area contributed by atoms with Crippen LogP contribution in [0.2, 0.25) is 0 Å². The standard InChI is InChI=1S/C14H20BrFN2O.2ClH/c1-2-19-14-4-3-11(15)9-12(14)13(10-16)18-7-5-17-6-8-18;;/h3-4,9,13,17H,2,5-8,10H2,1H3;2*1H/t13-;;/m0../s1. The van der Waals surface area contributed by atoms with Gasteiger partial charge in [0.05, 0.1) is 12.6 Å². The predicted molar refractivity (Wildman–Crippen MR) is 93.0 cm³/mol. The van der Waals surface area contributed by atoms with Crippen LogP contribution in [0.25, 0.3) is 0 Å². The second-order valence-corrected chi connectivity index (χ2v) is 5.49. The van der Waals surface area contributed by atoms with Gasteiger partial charge in [-0.1, -0.05) is 15.9 Å². The van der Waals surface area contributed by atoms with Crippen LogP contribution in [0, 0.1) is 0 Å². The zero-order chi connectivity index (χ0) is 13.7. The molecule has 3 nitrogen and oxygen atoms in total. The Morgan fingerprint density at radius 3 is 2.57 bits per heavy atom. The second-order valence-electron chi connectivity index (χ2n) is 4.57. The Balaban J connectivity index is 0.00000200. The van der Waals surface area contributed by atoms with Gasteiger partial charge in [0.2, 0.25) is 0 Å². The number of hydrogen-bond donors (Lipinski definition) is 1. The summed E-state index contributed by atoms with van der Waals surface area (Å²) in [6.45, 7) is 5.70. The number of nitrogens with zero attached hydrogens (tertiary/aromatic N) is 1. The molecule has 2 rings (SSSR count). The van der Waals surface area contributed by atoms with Gasteiger partial charge >= 0.3 is 0 Å². The first-order valence-electron chi connectivity index (χ1n) is 6.69. The lowest BCUT2D eigenvalue weighted by Gasteiger charge is -2.34. The summed E-state index contributed by atoms with van der Waals surface area (Å²) in [6, 6.07) is 5.59. The van der Waals surface area contributed by atoms with Gasteiger partial charge in [0.25, 0.3) is 0 Å². The number of piperazine rings is 1. The van der Waals surface area contributed by atoms with Gasteiger partial charge in [0.15, 0.2) is 0 Å². The molecular formula is C14H22BrCl2FN2O. The van der Waals surface area contributed by atoms with Gasteiger partial charge in [0.1, 0.15) is 12.4 Å². The van der Waals surface area contributed by atoms with Crippen molar-refractivity contribution < 1.29 is 9.13 Å². The van der Waals surface area contributed by atoms with E-state index >= 15 is 0 Å². The van der Waals surface area contributed by atoms with E-state index in [4.69, 9.17) is 4.74 Å². The highest BCUT2D eigenvalue weighted by atomic mass is 79.9. The molecule has 0 bridgehead atoms. The molecule has 0 aromatic heterocycles. The Hall–Kier alpha value is -0.0700. The van der Waals surface area contributed by atoms with Crippen LogP contribution >= 0.6 is 40.7 Å². The summed E-state index contributed by atoms with van der Waals surface area (Å²) in [6.07, 6.45) is 0. The number of nitrogens with one attached hydrogen (secondary N) is 1. The van der Waals surface area contributed by atoms with E-state index in [1.807, 2.05) is 25.1 Å². The number of benzene rings is 1. The second kappa shape index (κ2) is 10.6. The molecule has 0 unspecified atom stereocenters. The SMILES string of the molecule is CCOc1ccc(Br)cc1[C@H](CF)N1CCNCC1.Cl.Cl. The minimum atomic E-state index is -0.392. The Labute approximate surface area is 146 Å². The van der Waals surface area contributed by atoms with Crippen molar-refractivity contribution in [1.29, 1.82) is 0 Å². The van der Waals surface area contributed by atoms with Crippen LogP contribution in [0.15, 0.2) is 22.7 Å². The average Bonchev–Trinajstić information content (AvgIpc) is 2.44. The number of rotatable bonds is 5. The van der Waals surface area contributed by atoms with Gasteiger partial charge in [-0.25, -0.2) is 4.39 Å². The van der Waals surface area contributed by atoms with Crippen molar-refractivity contribution in [3.05, 3.63) is 28.2 Å². The maximum atomic E-state index is 13.5. The summed E-state index contributed by atoms with van der Waals surface area (Å²) >= 11 is 3.46. The van der Waals surface area contributed by atoms with Gasteiger partial charge in [-0.2, -0.15) is 0 Å². The van der Waals surface area contributed by atoms with Crippen molar-refractivity contribution in [3.8, 4) is 5.75 Å². The zero-order valence-electron chi connectivity index (χ0n) is 12.0. The highest BCUT2D eigenvalue weighted by Gasteiger charge is 2.25. The van der Waals surface area contributed by atoms with E-state index in [1.54, 1.807) is 0 Å². The lowest BCUT2D eigenvalue weighted by atomic mass is 10.0. The van der Waals surface area contributed by atoms with Crippen LogP contribution in [0.4, 0.5) is 4.39 Å². The quantitative estimate of drug-likeness (QED) is 0.812. The molecule has 0 saturated carbocycles.